The molecule has 0 aliphatic rings. The highest BCUT2D eigenvalue weighted by atomic mass is 16.5. The van der Waals surface area contributed by atoms with Crippen molar-refractivity contribution in [2.24, 2.45) is 11.8 Å². The first-order valence-electron chi connectivity index (χ1n) is 3.66. The van der Waals surface area contributed by atoms with Crippen molar-refractivity contribution in [1.29, 1.82) is 0 Å². The van der Waals surface area contributed by atoms with E-state index in [-0.39, 0.29) is 24.4 Å². The standard InChI is InChI=1S/C8H14O3/c1-6(2)8(4-9)5-11-7(3)10/h4,6,8H,5H2,1-3H3. The lowest BCUT2D eigenvalue weighted by Gasteiger charge is -2.12. The van der Waals surface area contributed by atoms with E-state index in [9.17, 15) is 9.59 Å². The van der Waals surface area contributed by atoms with Crippen molar-refractivity contribution >= 4 is 12.3 Å². The van der Waals surface area contributed by atoms with E-state index >= 15 is 0 Å². The molecule has 0 amide bonds. The van der Waals surface area contributed by atoms with Gasteiger partial charge in [-0.05, 0) is 5.92 Å². The fourth-order valence-electron chi connectivity index (χ4n) is 0.602. The third kappa shape index (κ3) is 4.53. The van der Waals surface area contributed by atoms with Crippen LogP contribution in [0.3, 0.4) is 0 Å². The molecule has 3 heteroatoms. The normalized spacial score (nSPS) is 12.7. The van der Waals surface area contributed by atoms with Gasteiger partial charge < -0.3 is 9.53 Å². The first-order valence-corrected chi connectivity index (χ1v) is 3.66. The lowest BCUT2D eigenvalue weighted by Crippen LogP contribution is -2.18. The molecule has 0 saturated carbocycles. The number of hydrogen-bond donors (Lipinski definition) is 0. The molecule has 11 heavy (non-hydrogen) atoms. The van der Waals surface area contributed by atoms with E-state index in [2.05, 4.69) is 4.74 Å². The highest BCUT2D eigenvalue weighted by molar-refractivity contribution is 5.66. The molecule has 1 unspecified atom stereocenters. The molecule has 0 aliphatic carbocycles. The SMILES string of the molecule is CC(=O)OCC(C=O)C(C)C. The number of rotatable bonds is 4. The number of hydrogen-bond acceptors (Lipinski definition) is 3. The van der Waals surface area contributed by atoms with Gasteiger partial charge in [0.05, 0.1) is 5.92 Å². The van der Waals surface area contributed by atoms with Gasteiger partial charge in [0.15, 0.2) is 0 Å². The van der Waals surface area contributed by atoms with Crippen molar-refractivity contribution in [3.05, 3.63) is 0 Å². The van der Waals surface area contributed by atoms with E-state index in [4.69, 9.17) is 0 Å². The monoisotopic (exact) mass is 158 g/mol. The lowest BCUT2D eigenvalue weighted by atomic mass is 9.99. The molecule has 0 spiro atoms. The molecule has 0 aliphatic heterocycles. The van der Waals surface area contributed by atoms with Crippen LogP contribution in [-0.2, 0) is 14.3 Å². The maximum absolute atomic E-state index is 10.4. The zero-order valence-corrected chi connectivity index (χ0v) is 7.16. The molecule has 0 rings (SSSR count). The van der Waals surface area contributed by atoms with Crippen LogP contribution in [0.4, 0.5) is 0 Å². The maximum atomic E-state index is 10.4. The maximum Gasteiger partial charge on any atom is 0.302 e. The molecule has 0 radical (unpaired) electrons. The smallest absolute Gasteiger partial charge is 0.302 e. The van der Waals surface area contributed by atoms with Crippen LogP contribution in [0.1, 0.15) is 20.8 Å². The van der Waals surface area contributed by atoms with Gasteiger partial charge in [-0.25, -0.2) is 0 Å². The van der Waals surface area contributed by atoms with Crippen LogP contribution in [0.2, 0.25) is 0 Å². The Morgan fingerprint density at radius 3 is 2.36 bits per heavy atom. The van der Waals surface area contributed by atoms with E-state index in [1.165, 1.54) is 6.92 Å². The molecule has 0 fully saturated rings. The second-order valence-corrected chi connectivity index (χ2v) is 2.85. The van der Waals surface area contributed by atoms with Crippen LogP contribution >= 0.6 is 0 Å². The lowest BCUT2D eigenvalue weighted by molar-refractivity contribution is -0.143. The van der Waals surface area contributed by atoms with Crippen LogP contribution in [0.25, 0.3) is 0 Å². The Hall–Kier alpha value is -0.860. The van der Waals surface area contributed by atoms with Crippen molar-refractivity contribution < 1.29 is 14.3 Å². The largest absolute Gasteiger partial charge is 0.465 e. The zero-order valence-electron chi connectivity index (χ0n) is 7.16. The van der Waals surface area contributed by atoms with Crippen LogP contribution < -0.4 is 0 Å². The van der Waals surface area contributed by atoms with E-state index in [0.29, 0.717) is 0 Å². The van der Waals surface area contributed by atoms with Crippen molar-refractivity contribution in [3.63, 3.8) is 0 Å². The van der Waals surface area contributed by atoms with Crippen LogP contribution in [0.5, 0.6) is 0 Å². The molecule has 0 heterocycles. The van der Waals surface area contributed by atoms with Crippen molar-refractivity contribution in [2.45, 2.75) is 20.8 Å². The van der Waals surface area contributed by atoms with Gasteiger partial charge in [0.2, 0.25) is 0 Å². The Kier molecular flexibility index (Phi) is 4.50. The molecule has 0 aromatic rings. The Morgan fingerprint density at radius 1 is 1.55 bits per heavy atom. The number of esters is 1. The van der Waals surface area contributed by atoms with Gasteiger partial charge in [-0.15, -0.1) is 0 Å². The molecule has 0 aromatic carbocycles. The molecular formula is C8H14O3. The summed E-state index contributed by atoms with van der Waals surface area (Å²) in [6, 6.07) is 0. The number of aldehydes is 1. The molecule has 64 valence electrons. The van der Waals surface area contributed by atoms with Gasteiger partial charge >= 0.3 is 5.97 Å². The van der Waals surface area contributed by atoms with Gasteiger partial charge in [-0.2, -0.15) is 0 Å². The van der Waals surface area contributed by atoms with Crippen LogP contribution in [0.15, 0.2) is 0 Å². The average Bonchev–Trinajstić information content (AvgIpc) is 1.87. The van der Waals surface area contributed by atoms with E-state index < -0.39 is 0 Å². The summed E-state index contributed by atoms with van der Waals surface area (Å²) in [6.07, 6.45) is 0.827. The number of carbonyl (C=O) groups is 2. The number of ether oxygens (including phenoxy) is 1. The zero-order chi connectivity index (χ0) is 8.85. The quantitative estimate of drug-likeness (QED) is 0.453. The molecule has 0 saturated heterocycles. The predicted molar refractivity (Wildman–Crippen MR) is 41.0 cm³/mol. The Labute approximate surface area is 66.7 Å². The Morgan fingerprint density at radius 2 is 2.09 bits per heavy atom. The summed E-state index contributed by atoms with van der Waals surface area (Å²) in [6.45, 7) is 5.38. The third-order valence-corrected chi connectivity index (χ3v) is 1.51. The second kappa shape index (κ2) is 4.88. The average molecular weight is 158 g/mol. The summed E-state index contributed by atoms with van der Waals surface area (Å²) in [7, 11) is 0. The van der Waals surface area contributed by atoms with Crippen LogP contribution in [-0.4, -0.2) is 18.9 Å². The van der Waals surface area contributed by atoms with E-state index in [0.717, 1.165) is 6.29 Å². The van der Waals surface area contributed by atoms with Gasteiger partial charge in [-0.1, -0.05) is 13.8 Å². The summed E-state index contributed by atoms with van der Waals surface area (Å²) < 4.78 is 4.69. The summed E-state index contributed by atoms with van der Waals surface area (Å²) in [5.74, 6) is -0.275. The summed E-state index contributed by atoms with van der Waals surface area (Å²) in [5, 5.41) is 0. The Bertz CT molecular complexity index is 140. The highest BCUT2D eigenvalue weighted by Gasteiger charge is 2.12. The molecule has 0 N–H and O–H groups in total. The minimum atomic E-state index is -0.336. The van der Waals surface area contributed by atoms with Gasteiger partial charge in [0.25, 0.3) is 0 Å². The predicted octanol–water partition coefficient (Wildman–Crippen LogP) is 1.02. The van der Waals surface area contributed by atoms with E-state index in [1.54, 1.807) is 0 Å². The van der Waals surface area contributed by atoms with Gasteiger partial charge in [0.1, 0.15) is 12.9 Å². The first-order chi connectivity index (χ1) is 5.07. The van der Waals surface area contributed by atoms with E-state index in [1.807, 2.05) is 13.8 Å². The van der Waals surface area contributed by atoms with Crippen molar-refractivity contribution in [2.75, 3.05) is 6.61 Å². The fourth-order valence-corrected chi connectivity index (χ4v) is 0.602. The topological polar surface area (TPSA) is 43.4 Å². The first kappa shape index (κ1) is 10.1. The second-order valence-electron chi connectivity index (χ2n) is 2.85. The number of carbonyl (C=O) groups excluding carboxylic acids is 2. The summed E-state index contributed by atoms with van der Waals surface area (Å²) >= 11 is 0. The minimum absolute atomic E-state index is 0.168. The summed E-state index contributed by atoms with van der Waals surface area (Å²) in [5.41, 5.74) is 0. The van der Waals surface area contributed by atoms with Gasteiger partial charge in [0, 0.05) is 6.92 Å². The molecule has 0 aromatic heterocycles. The highest BCUT2D eigenvalue weighted by Crippen LogP contribution is 2.07. The fraction of sp³-hybridized carbons (Fsp3) is 0.750. The molecule has 1 atom stereocenters. The van der Waals surface area contributed by atoms with Crippen LogP contribution in [0, 0.1) is 11.8 Å². The summed E-state index contributed by atoms with van der Waals surface area (Å²) in [4.78, 5) is 20.7. The van der Waals surface area contributed by atoms with Crippen molar-refractivity contribution in [1.82, 2.24) is 0 Å². The van der Waals surface area contributed by atoms with Crippen molar-refractivity contribution in [3.8, 4) is 0 Å². The Balaban J connectivity index is 3.69. The molecule has 3 nitrogen and oxygen atoms in total. The minimum Gasteiger partial charge on any atom is -0.465 e. The van der Waals surface area contributed by atoms with Gasteiger partial charge in [-0.3, -0.25) is 4.79 Å². The molecule has 0 bridgehead atoms. The third-order valence-electron chi connectivity index (χ3n) is 1.51. The molecular weight excluding hydrogens is 144 g/mol.